The van der Waals surface area contributed by atoms with E-state index in [9.17, 15) is 4.79 Å². The highest BCUT2D eigenvalue weighted by Crippen LogP contribution is 2.30. The van der Waals surface area contributed by atoms with Gasteiger partial charge in [0.2, 0.25) is 0 Å². The van der Waals surface area contributed by atoms with Gasteiger partial charge in [-0.2, -0.15) is 0 Å². The number of hydrogen-bond acceptors (Lipinski definition) is 6. The molecule has 0 unspecified atom stereocenters. The Bertz CT molecular complexity index is 1600. The second kappa shape index (κ2) is 40.2. The smallest absolute Gasteiger partial charge is 0.298 e. The minimum atomic E-state index is 0.453. The molecule has 4 rings (SSSR count). The quantitative estimate of drug-likeness (QED) is 0.101. The molecule has 0 atom stereocenters. The van der Waals surface area contributed by atoms with Crippen molar-refractivity contribution in [3.05, 3.63) is 152 Å². The number of rotatable bonds is 8. The van der Waals surface area contributed by atoms with Crippen LogP contribution in [0.3, 0.4) is 0 Å². The van der Waals surface area contributed by atoms with Crippen LogP contribution in [0.4, 0.5) is 0 Å². The van der Waals surface area contributed by atoms with Crippen molar-refractivity contribution in [2.75, 3.05) is 14.2 Å². The molecule has 304 valence electrons. The van der Waals surface area contributed by atoms with Crippen molar-refractivity contribution in [3.63, 3.8) is 0 Å². The Labute approximate surface area is 340 Å². The standard InChI is InChI=1S/C29H24O4.2C4H8.C3H8.2C3H6.2C2H4O/c1-31-27-15-11-23(12-16-27)22-6-3-21(4-7-22)5-8-25-9-10-26(19-29(25)33-20-30)24-13-17-28(32-2)18-14-24;2*1-4(2)3;3*1-3-2;2*1-2-3/h3-20H,1-2H3;2*1H2,2-3H3;3H2,1-2H3;2*3H,1H2,2H3;2*2H,1H3/b8-5+;;;;;;;. The molecule has 0 saturated carbocycles. The second-order valence-corrected chi connectivity index (χ2v) is 11.8. The SMILES string of the molecule is C=C(C)C.C=C(C)C.C=CC.C=CC.CC=O.CC=O.CCC.COc1ccc(-c2ccc(/C=C/c3ccc(-c4ccc(OC)cc4)cc3OC=O)cc2)cc1. The molecule has 0 amide bonds. The van der Waals surface area contributed by atoms with E-state index in [1.807, 2.05) is 120 Å². The van der Waals surface area contributed by atoms with Crippen molar-refractivity contribution >= 4 is 31.2 Å². The summed E-state index contributed by atoms with van der Waals surface area (Å²) >= 11 is 0. The molecule has 0 saturated heterocycles. The Morgan fingerprint density at radius 3 is 1.14 bits per heavy atom. The minimum absolute atomic E-state index is 0.453. The van der Waals surface area contributed by atoms with Crippen molar-refractivity contribution in [1.82, 2.24) is 0 Å². The van der Waals surface area contributed by atoms with E-state index in [4.69, 9.17) is 23.8 Å². The van der Waals surface area contributed by atoms with E-state index in [1.54, 1.807) is 26.4 Å². The Morgan fingerprint density at radius 2 is 0.839 bits per heavy atom. The summed E-state index contributed by atoms with van der Waals surface area (Å²) in [5, 5.41) is 0. The van der Waals surface area contributed by atoms with Crippen LogP contribution in [-0.2, 0) is 14.4 Å². The van der Waals surface area contributed by atoms with E-state index in [0.29, 0.717) is 12.2 Å². The minimum Gasteiger partial charge on any atom is -0.497 e. The maximum atomic E-state index is 11.1. The average Bonchev–Trinajstić information content (AvgIpc) is 3.16. The van der Waals surface area contributed by atoms with Gasteiger partial charge in [0.15, 0.2) is 0 Å². The van der Waals surface area contributed by atoms with Crippen LogP contribution in [0, 0.1) is 0 Å². The number of aldehydes is 2. The third kappa shape index (κ3) is 32.6. The predicted molar refractivity (Wildman–Crippen MR) is 245 cm³/mol. The van der Waals surface area contributed by atoms with Crippen molar-refractivity contribution in [2.24, 2.45) is 0 Å². The van der Waals surface area contributed by atoms with Gasteiger partial charge in [-0.3, -0.25) is 4.79 Å². The molecule has 0 spiro atoms. The van der Waals surface area contributed by atoms with Gasteiger partial charge < -0.3 is 23.8 Å². The second-order valence-electron chi connectivity index (χ2n) is 11.8. The molecule has 0 heterocycles. The molecule has 0 fully saturated rings. The topological polar surface area (TPSA) is 78.9 Å². The fraction of sp³-hybridized carbons (Fsp3) is 0.260. The van der Waals surface area contributed by atoms with Crippen molar-refractivity contribution in [2.45, 2.75) is 75.7 Å². The van der Waals surface area contributed by atoms with Crippen LogP contribution in [0.5, 0.6) is 17.2 Å². The van der Waals surface area contributed by atoms with Crippen LogP contribution in [-0.4, -0.2) is 33.3 Å². The molecule has 4 aromatic carbocycles. The first kappa shape index (κ1) is 56.7. The summed E-state index contributed by atoms with van der Waals surface area (Å²) < 4.78 is 15.7. The zero-order chi connectivity index (χ0) is 43.7. The molecular weight excluding hydrogens is 697 g/mol. The Kier molecular flexibility index (Phi) is 40.7. The molecule has 4 aromatic rings. The predicted octanol–water partition coefficient (Wildman–Crippen LogP) is 14.1. The highest BCUT2D eigenvalue weighted by Gasteiger charge is 2.06. The van der Waals surface area contributed by atoms with Gasteiger partial charge in [-0.1, -0.05) is 116 Å². The summed E-state index contributed by atoms with van der Waals surface area (Å²) in [4.78, 5) is 28.7. The number of carbonyl (C=O) groups excluding carboxylic acids is 3. The zero-order valence-corrected chi connectivity index (χ0v) is 36.2. The number of methoxy groups -OCH3 is 2. The van der Waals surface area contributed by atoms with E-state index in [0.717, 1.165) is 57.5 Å². The van der Waals surface area contributed by atoms with Gasteiger partial charge >= 0.3 is 0 Å². The molecule has 0 aliphatic rings. The first-order chi connectivity index (χ1) is 26.7. The van der Waals surface area contributed by atoms with Gasteiger partial charge in [-0.25, -0.2) is 0 Å². The Morgan fingerprint density at radius 1 is 0.554 bits per heavy atom. The molecule has 6 nitrogen and oxygen atoms in total. The Hall–Kier alpha value is -6.01. The largest absolute Gasteiger partial charge is 0.497 e. The van der Waals surface area contributed by atoms with E-state index >= 15 is 0 Å². The third-order valence-corrected chi connectivity index (χ3v) is 5.40. The van der Waals surface area contributed by atoms with Gasteiger partial charge in [0.25, 0.3) is 6.47 Å². The number of carbonyl (C=O) groups is 3. The molecule has 0 bridgehead atoms. The maximum absolute atomic E-state index is 11.1. The lowest BCUT2D eigenvalue weighted by molar-refractivity contribution is -0.120. The Balaban J connectivity index is -0.000000486. The van der Waals surface area contributed by atoms with Crippen LogP contribution in [0.15, 0.2) is 141 Å². The van der Waals surface area contributed by atoms with Crippen LogP contribution in [0.1, 0.15) is 86.8 Å². The molecule has 0 radical (unpaired) electrons. The lowest BCUT2D eigenvalue weighted by Gasteiger charge is -2.09. The van der Waals surface area contributed by atoms with Crippen LogP contribution in [0.2, 0.25) is 0 Å². The van der Waals surface area contributed by atoms with Gasteiger partial charge in [0, 0.05) is 5.56 Å². The summed E-state index contributed by atoms with van der Waals surface area (Å²) in [7, 11) is 3.30. The summed E-state index contributed by atoms with van der Waals surface area (Å²) in [6, 6.07) is 29.8. The van der Waals surface area contributed by atoms with Gasteiger partial charge in [-0.15, -0.1) is 26.3 Å². The highest BCUT2D eigenvalue weighted by atomic mass is 16.5. The summed E-state index contributed by atoms with van der Waals surface area (Å²) in [5.41, 5.74) is 8.42. The number of benzene rings is 4. The molecule has 0 aliphatic carbocycles. The number of allylic oxidation sites excluding steroid dienone is 4. The van der Waals surface area contributed by atoms with Crippen LogP contribution >= 0.6 is 0 Å². The first-order valence-electron chi connectivity index (χ1n) is 18.2. The summed E-state index contributed by atoms with van der Waals surface area (Å²) in [5.74, 6) is 2.13. The van der Waals surface area contributed by atoms with E-state index in [1.165, 1.54) is 31.4 Å². The van der Waals surface area contributed by atoms with Gasteiger partial charge in [0.05, 0.1) is 14.2 Å². The average molecular weight is 765 g/mol. The lowest BCUT2D eigenvalue weighted by Crippen LogP contribution is -1.92. The zero-order valence-electron chi connectivity index (χ0n) is 36.2. The van der Waals surface area contributed by atoms with Crippen molar-refractivity contribution in [1.29, 1.82) is 0 Å². The van der Waals surface area contributed by atoms with E-state index < -0.39 is 0 Å². The molecular formula is C50H68O6. The van der Waals surface area contributed by atoms with E-state index in [-0.39, 0.29) is 0 Å². The van der Waals surface area contributed by atoms with Crippen molar-refractivity contribution in [3.8, 4) is 39.5 Å². The van der Waals surface area contributed by atoms with Crippen molar-refractivity contribution < 1.29 is 28.6 Å². The molecule has 0 aromatic heterocycles. The fourth-order valence-corrected chi connectivity index (χ4v) is 3.55. The highest BCUT2D eigenvalue weighted by molar-refractivity contribution is 5.78. The van der Waals surface area contributed by atoms with Crippen LogP contribution in [0.25, 0.3) is 34.4 Å². The molecule has 0 aliphatic heterocycles. The number of ether oxygens (including phenoxy) is 3. The summed E-state index contributed by atoms with van der Waals surface area (Å²) in [6.45, 7) is 33.1. The van der Waals surface area contributed by atoms with Crippen LogP contribution < -0.4 is 14.2 Å². The van der Waals surface area contributed by atoms with Gasteiger partial charge in [0.1, 0.15) is 29.8 Å². The molecule has 6 heteroatoms. The monoisotopic (exact) mass is 765 g/mol. The maximum Gasteiger partial charge on any atom is 0.298 e. The first-order valence-corrected chi connectivity index (χ1v) is 18.2. The normalized spacial score (nSPS) is 8.50. The van der Waals surface area contributed by atoms with Gasteiger partial charge in [-0.05, 0) is 114 Å². The molecule has 0 N–H and O–H groups in total. The summed E-state index contributed by atoms with van der Waals surface area (Å²) in [6.07, 6.45) is 10.2. The fourth-order valence-electron chi connectivity index (χ4n) is 3.55. The lowest BCUT2D eigenvalue weighted by atomic mass is 10.0. The van der Waals surface area contributed by atoms with E-state index in [2.05, 4.69) is 64.4 Å². The third-order valence-electron chi connectivity index (χ3n) is 5.40. The number of hydrogen-bond donors (Lipinski definition) is 0. The molecule has 56 heavy (non-hydrogen) atoms.